The number of allylic oxidation sites excluding steroid dienone is 1. The molecule has 0 saturated heterocycles. The van der Waals surface area contributed by atoms with Crippen LogP contribution in [0.25, 0.3) is 6.08 Å². The van der Waals surface area contributed by atoms with Gasteiger partial charge in [-0.2, -0.15) is 0 Å². The van der Waals surface area contributed by atoms with E-state index in [4.69, 9.17) is 4.99 Å². The lowest BCUT2D eigenvalue weighted by Gasteiger charge is -2.25. The zero-order valence-electron chi connectivity index (χ0n) is 19.2. The van der Waals surface area contributed by atoms with E-state index in [1.165, 1.54) is 5.56 Å². The third kappa shape index (κ3) is 4.06. The predicted molar refractivity (Wildman–Crippen MR) is 140 cm³/mol. The molecule has 0 aliphatic carbocycles. The quantitative estimate of drug-likeness (QED) is 0.331. The number of aliphatic imine (C=N–C) groups is 1. The van der Waals surface area contributed by atoms with Gasteiger partial charge in [-0.1, -0.05) is 50.3 Å². The van der Waals surface area contributed by atoms with Crippen molar-refractivity contribution in [3.63, 3.8) is 0 Å². The Bertz CT molecular complexity index is 1320. The summed E-state index contributed by atoms with van der Waals surface area (Å²) in [6.07, 6.45) is 4.20. The van der Waals surface area contributed by atoms with Crippen LogP contribution in [0, 0.1) is 0 Å². The Labute approximate surface area is 199 Å². The number of aromatic hydroxyl groups is 2. The minimum atomic E-state index is -0.123. The third-order valence-corrected chi connectivity index (χ3v) is 6.26. The Morgan fingerprint density at radius 2 is 1.15 bits per heavy atom. The molecule has 0 fully saturated rings. The molecular formula is C30H26N2O2. The van der Waals surface area contributed by atoms with E-state index in [0.717, 1.165) is 34.0 Å². The van der Waals surface area contributed by atoms with Crippen molar-refractivity contribution >= 4 is 34.5 Å². The number of benzene rings is 4. The summed E-state index contributed by atoms with van der Waals surface area (Å²) in [6, 6.07) is 30.7. The summed E-state index contributed by atoms with van der Waals surface area (Å²) in [5, 5.41) is 19.5. The number of hydrogen-bond acceptors (Lipinski definition) is 4. The second-order valence-corrected chi connectivity index (χ2v) is 8.93. The lowest BCUT2D eigenvalue weighted by atomic mass is 9.81. The van der Waals surface area contributed by atoms with Crippen LogP contribution < -0.4 is 4.90 Å². The maximum absolute atomic E-state index is 9.73. The summed E-state index contributed by atoms with van der Waals surface area (Å²) in [6.45, 7) is 4.41. The SMILES string of the molecule is CC1(C)C(C=Cc2ccc(N(c3ccc(O)cc3)c3ccc(O)cc3)cc2)=Nc2ccccc21. The molecule has 0 bridgehead atoms. The standard InChI is InChI=1S/C30H26N2O2/c1-30(2)27-5-3-4-6-28(27)31-29(30)20-9-21-7-10-22(11-8-21)32(23-12-16-25(33)17-13-23)24-14-18-26(34)19-15-24/h3-20,33-34H,1-2H3. The fourth-order valence-corrected chi connectivity index (χ4v) is 4.31. The van der Waals surface area contributed by atoms with Crippen molar-refractivity contribution in [1.29, 1.82) is 0 Å². The van der Waals surface area contributed by atoms with Crippen LogP contribution in [-0.2, 0) is 5.41 Å². The number of para-hydroxylation sites is 1. The molecule has 4 aromatic carbocycles. The third-order valence-electron chi connectivity index (χ3n) is 6.26. The van der Waals surface area contributed by atoms with Crippen molar-refractivity contribution in [3.8, 4) is 11.5 Å². The Morgan fingerprint density at radius 3 is 1.68 bits per heavy atom. The maximum atomic E-state index is 9.73. The van der Waals surface area contributed by atoms with Crippen LogP contribution in [0.4, 0.5) is 22.7 Å². The van der Waals surface area contributed by atoms with E-state index >= 15 is 0 Å². The van der Waals surface area contributed by atoms with Crippen molar-refractivity contribution in [2.24, 2.45) is 4.99 Å². The highest BCUT2D eigenvalue weighted by Crippen LogP contribution is 2.40. The second kappa shape index (κ2) is 8.56. The van der Waals surface area contributed by atoms with Gasteiger partial charge in [0.1, 0.15) is 11.5 Å². The monoisotopic (exact) mass is 446 g/mol. The highest BCUT2D eigenvalue weighted by molar-refractivity contribution is 6.10. The lowest BCUT2D eigenvalue weighted by molar-refractivity contribution is 0.475. The van der Waals surface area contributed by atoms with Gasteiger partial charge in [0.05, 0.1) is 11.4 Å². The van der Waals surface area contributed by atoms with Gasteiger partial charge in [-0.15, -0.1) is 0 Å². The van der Waals surface area contributed by atoms with Crippen molar-refractivity contribution in [1.82, 2.24) is 0 Å². The fourth-order valence-electron chi connectivity index (χ4n) is 4.31. The number of fused-ring (bicyclic) bond motifs is 1. The Morgan fingerprint density at radius 1 is 0.647 bits per heavy atom. The summed E-state index contributed by atoms with van der Waals surface area (Å²) in [7, 11) is 0. The average Bonchev–Trinajstić information content (AvgIpc) is 3.11. The normalized spacial score (nSPS) is 14.1. The first-order valence-electron chi connectivity index (χ1n) is 11.3. The van der Waals surface area contributed by atoms with Crippen molar-refractivity contribution in [2.75, 3.05) is 4.90 Å². The topological polar surface area (TPSA) is 56.1 Å². The van der Waals surface area contributed by atoms with Gasteiger partial charge in [-0.05, 0) is 83.9 Å². The number of phenolic OH excluding ortho intramolecular Hbond substituents is 2. The van der Waals surface area contributed by atoms with Gasteiger partial charge in [-0.25, -0.2) is 0 Å². The summed E-state index contributed by atoms with van der Waals surface area (Å²) in [5.74, 6) is 0.435. The lowest BCUT2D eigenvalue weighted by Crippen LogP contribution is -2.23. The minimum Gasteiger partial charge on any atom is -0.508 e. The molecule has 1 heterocycles. The molecule has 0 amide bonds. The molecule has 0 unspecified atom stereocenters. The Balaban J connectivity index is 1.44. The number of anilines is 3. The molecule has 4 aromatic rings. The Kier molecular flexibility index (Phi) is 5.42. The predicted octanol–water partition coefficient (Wildman–Crippen LogP) is 7.64. The minimum absolute atomic E-state index is 0.123. The van der Waals surface area contributed by atoms with E-state index in [-0.39, 0.29) is 16.9 Å². The van der Waals surface area contributed by atoms with Crippen LogP contribution in [0.2, 0.25) is 0 Å². The Hall–Kier alpha value is -4.31. The van der Waals surface area contributed by atoms with Crippen LogP contribution in [-0.4, -0.2) is 15.9 Å². The number of hydrogen-bond donors (Lipinski definition) is 2. The van der Waals surface area contributed by atoms with E-state index in [2.05, 4.69) is 73.4 Å². The molecule has 0 saturated carbocycles. The van der Waals surface area contributed by atoms with E-state index in [1.807, 2.05) is 30.3 Å². The van der Waals surface area contributed by atoms with Crippen molar-refractivity contribution in [3.05, 3.63) is 114 Å². The van der Waals surface area contributed by atoms with Gasteiger partial charge in [0, 0.05) is 22.5 Å². The van der Waals surface area contributed by atoms with Gasteiger partial charge >= 0.3 is 0 Å². The molecule has 34 heavy (non-hydrogen) atoms. The zero-order chi connectivity index (χ0) is 23.7. The van der Waals surface area contributed by atoms with Gasteiger partial charge in [0.2, 0.25) is 0 Å². The van der Waals surface area contributed by atoms with Crippen molar-refractivity contribution in [2.45, 2.75) is 19.3 Å². The van der Waals surface area contributed by atoms with Gasteiger partial charge < -0.3 is 15.1 Å². The van der Waals surface area contributed by atoms with E-state index in [0.29, 0.717) is 0 Å². The van der Waals surface area contributed by atoms with Gasteiger partial charge in [0.25, 0.3) is 0 Å². The first-order valence-corrected chi connectivity index (χ1v) is 11.3. The molecule has 1 aliphatic rings. The molecule has 168 valence electrons. The summed E-state index contributed by atoms with van der Waals surface area (Å²) in [4.78, 5) is 6.92. The molecule has 5 rings (SSSR count). The first-order chi connectivity index (χ1) is 16.4. The molecule has 0 aromatic heterocycles. The van der Waals surface area contributed by atoms with E-state index < -0.39 is 0 Å². The average molecular weight is 447 g/mol. The smallest absolute Gasteiger partial charge is 0.115 e. The molecule has 0 radical (unpaired) electrons. The van der Waals surface area contributed by atoms with Gasteiger partial charge in [-0.3, -0.25) is 4.99 Å². The first kappa shape index (κ1) is 21.5. The van der Waals surface area contributed by atoms with E-state index in [1.54, 1.807) is 24.3 Å². The van der Waals surface area contributed by atoms with Crippen LogP contribution in [0.3, 0.4) is 0 Å². The molecule has 1 aliphatic heterocycles. The van der Waals surface area contributed by atoms with Gasteiger partial charge in [0.15, 0.2) is 0 Å². The number of rotatable bonds is 5. The summed E-state index contributed by atoms with van der Waals surface area (Å²) >= 11 is 0. The molecule has 4 heteroatoms. The van der Waals surface area contributed by atoms with Crippen LogP contribution in [0.15, 0.2) is 108 Å². The largest absolute Gasteiger partial charge is 0.508 e. The van der Waals surface area contributed by atoms with Crippen molar-refractivity contribution < 1.29 is 10.2 Å². The molecule has 0 spiro atoms. The summed E-state index contributed by atoms with van der Waals surface area (Å²) < 4.78 is 0. The second-order valence-electron chi connectivity index (χ2n) is 8.93. The molecular weight excluding hydrogens is 420 g/mol. The zero-order valence-corrected chi connectivity index (χ0v) is 19.2. The molecule has 0 atom stereocenters. The van der Waals surface area contributed by atoms with E-state index in [9.17, 15) is 10.2 Å². The molecule has 4 nitrogen and oxygen atoms in total. The van der Waals surface area contributed by atoms with Crippen LogP contribution in [0.5, 0.6) is 11.5 Å². The van der Waals surface area contributed by atoms with Crippen LogP contribution in [0.1, 0.15) is 25.0 Å². The summed E-state index contributed by atoms with van der Waals surface area (Å²) in [5.41, 5.74) is 7.09. The number of phenols is 2. The maximum Gasteiger partial charge on any atom is 0.115 e. The van der Waals surface area contributed by atoms with Crippen LogP contribution >= 0.6 is 0 Å². The number of nitrogens with zero attached hydrogens (tertiary/aromatic N) is 2. The molecule has 2 N–H and O–H groups in total. The fraction of sp³-hybridized carbons (Fsp3) is 0.100. The highest BCUT2D eigenvalue weighted by Gasteiger charge is 2.32. The highest BCUT2D eigenvalue weighted by atomic mass is 16.3.